The number of hydrogen-bond acceptors (Lipinski definition) is 3. The molecule has 0 aromatic carbocycles. The topological polar surface area (TPSA) is 9.72 Å². The molecule has 0 aromatic heterocycles. The van der Waals surface area contributed by atoms with Crippen LogP contribution in [0.4, 0.5) is 4.39 Å². The Bertz CT molecular complexity index is 407. The monoisotopic (exact) mass is 353 g/mol. The van der Waals surface area contributed by atoms with Crippen molar-refractivity contribution in [3.05, 3.63) is 0 Å². The van der Waals surface area contributed by atoms with Crippen LogP contribution < -0.4 is 0 Å². The Morgan fingerprint density at radius 2 is 1.44 bits per heavy atom. The van der Waals surface area contributed by atoms with Gasteiger partial charge in [0.1, 0.15) is 5.67 Å². The van der Waals surface area contributed by atoms with E-state index in [0.717, 1.165) is 52.1 Å². The number of piperidine rings is 1. The van der Waals surface area contributed by atoms with Gasteiger partial charge in [0, 0.05) is 58.4 Å². The number of alkyl halides is 1. The molecule has 4 heteroatoms. The minimum Gasteiger partial charge on any atom is -0.303 e. The molecule has 0 amide bonds. The van der Waals surface area contributed by atoms with Gasteiger partial charge >= 0.3 is 0 Å². The van der Waals surface area contributed by atoms with Crippen LogP contribution in [0.3, 0.4) is 0 Å². The van der Waals surface area contributed by atoms with Crippen LogP contribution in [0.25, 0.3) is 0 Å². The first-order chi connectivity index (χ1) is 12.0. The first-order valence-electron chi connectivity index (χ1n) is 10.9. The van der Waals surface area contributed by atoms with Crippen LogP contribution in [0, 0.1) is 5.41 Å². The summed E-state index contributed by atoms with van der Waals surface area (Å²) in [7, 11) is 0. The lowest BCUT2D eigenvalue weighted by atomic mass is 9.90. The van der Waals surface area contributed by atoms with Gasteiger partial charge in [-0.3, -0.25) is 9.80 Å². The van der Waals surface area contributed by atoms with Crippen molar-refractivity contribution in [3.63, 3.8) is 0 Å². The fraction of sp³-hybridized carbons (Fsp3) is 1.00. The molecule has 3 rings (SSSR count). The van der Waals surface area contributed by atoms with Gasteiger partial charge in [-0.1, -0.05) is 20.3 Å². The standard InChI is InChI=1S/C21H40FN3/c1-4-6-20(7-8-20)17-23-11-9-21(22,10-12-23)18-24-13-15-25(16-14-24)19(3)5-2/h19H,4-18H2,1-3H3. The van der Waals surface area contributed by atoms with Gasteiger partial charge in [0.2, 0.25) is 0 Å². The molecular weight excluding hydrogens is 313 g/mol. The summed E-state index contributed by atoms with van der Waals surface area (Å²) < 4.78 is 15.4. The summed E-state index contributed by atoms with van der Waals surface area (Å²) in [5.74, 6) is 0. The SMILES string of the molecule is CCCC1(CN2CCC(F)(CN3CCN(C(C)CC)CC3)CC2)CC1. The van der Waals surface area contributed by atoms with Crippen LogP contribution >= 0.6 is 0 Å². The quantitative estimate of drug-likeness (QED) is 0.657. The first kappa shape index (κ1) is 19.6. The van der Waals surface area contributed by atoms with Crippen LogP contribution in [0.1, 0.15) is 65.7 Å². The Morgan fingerprint density at radius 1 is 0.840 bits per heavy atom. The second kappa shape index (κ2) is 8.22. The summed E-state index contributed by atoms with van der Waals surface area (Å²) in [4.78, 5) is 7.50. The van der Waals surface area contributed by atoms with Crippen LogP contribution in [0.5, 0.6) is 0 Å². The lowest BCUT2D eigenvalue weighted by Gasteiger charge is -2.43. The van der Waals surface area contributed by atoms with Crippen LogP contribution in [0.2, 0.25) is 0 Å². The zero-order valence-corrected chi connectivity index (χ0v) is 16.9. The average Bonchev–Trinajstić information content (AvgIpc) is 3.37. The van der Waals surface area contributed by atoms with Crippen molar-refractivity contribution in [2.75, 3.05) is 52.4 Å². The van der Waals surface area contributed by atoms with E-state index in [1.807, 2.05) is 0 Å². The smallest absolute Gasteiger partial charge is 0.126 e. The number of likely N-dealkylation sites (tertiary alicyclic amines) is 1. The molecule has 2 saturated heterocycles. The molecule has 3 aliphatic rings. The molecule has 2 heterocycles. The van der Waals surface area contributed by atoms with E-state index in [9.17, 15) is 0 Å². The van der Waals surface area contributed by atoms with Gasteiger partial charge in [-0.15, -0.1) is 0 Å². The van der Waals surface area contributed by atoms with Gasteiger partial charge in [0.15, 0.2) is 0 Å². The van der Waals surface area contributed by atoms with Crippen molar-refractivity contribution in [1.82, 2.24) is 14.7 Å². The fourth-order valence-electron chi connectivity index (χ4n) is 4.96. The zero-order chi connectivity index (χ0) is 17.9. The molecule has 3 fully saturated rings. The summed E-state index contributed by atoms with van der Waals surface area (Å²) in [6.07, 6.45) is 8.15. The lowest BCUT2D eigenvalue weighted by Crippen LogP contribution is -2.55. The van der Waals surface area contributed by atoms with Gasteiger partial charge in [0.25, 0.3) is 0 Å². The molecule has 3 nitrogen and oxygen atoms in total. The van der Waals surface area contributed by atoms with Gasteiger partial charge in [0.05, 0.1) is 0 Å². The third-order valence-corrected chi connectivity index (χ3v) is 7.18. The molecule has 1 saturated carbocycles. The predicted octanol–water partition coefficient (Wildman–Crippen LogP) is 3.79. The number of halogens is 1. The molecule has 1 atom stereocenters. The number of nitrogens with zero attached hydrogens (tertiary/aromatic N) is 3. The largest absolute Gasteiger partial charge is 0.303 e. The molecule has 0 spiro atoms. The Kier molecular flexibility index (Phi) is 6.44. The molecule has 1 aliphatic carbocycles. The summed E-state index contributed by atoms with van der Waals surface area (Å²) in [5, 5.41) is 0. The van der Waals surface area contributed by atoms with E-state index in [0.29, 0.717) is 18.0 Å². The highest BCUT2D eigenvalue weighted by molar-refractivity contribution is 4.98. The Labute approximate surface area is 154 Å². The van der Waals surface area contributed by atoms with E-state index < -0.39 is 5.67 Å². The molecule has 25 heavy (non-hydrogen) atoms. The predicted molar refractivity (Wildman–Crippen MR) is 104 cm³/mol. The fourth-order valence-corrected chi connectivity index (χ4v) is 4.96. The van der Waals surface area contributed by atoms with Crippen molar-refractivity contribution in [3.8, 4) is 0 Å². The Morgan fingerprint density at radius 3 is 1.96 bits per heavy atom. The molecule has 146 valence electrons. The summed E-state index contributed by atoms with van der Waals surface area (Å²) in [5.41, 5.74) is -0.339. The summed E-state index contributed by atoms with van der Waals surface area (Å²) >= 11 is 0. The van der Waals surface area contributed by atoms with E-state index in [1.165, 1.54) is 38.6 Å². The van der Waals surface area contributed by atoms with Gasteiger partial charge < -0.3 is 4.90 Å². The molecule has 0 N–H and O–H groups in total. The maximum absolute atomic E-state index is 15.4. The van der Waals surface area contributed by atoms with E-state index in [1.54, 1.807) is 0 Å². The lowest BCUT2D eigenvalue weighted by molar-refractivity contribution is 0.000933. The van der Waals surface area contributed by atoms with Crippen molar-refractivity contribution in [2.24, 2.45) is 5.41 Å². The first-order valence-corrected chi connectivity index (χ1v) is 10.9. The van der Waals surface area contributed by atoms with Crippen molar-refractivity contribution >= 4 is 0 Å². The van der Waals surface area contributed by atoms with Gasteiger partial charge in [-0.05, 0) is 50.9 Å². The van der Waals surface area contributed by atoms with E-state index in [-0.39, 0.29) is 0 Å². The number of piperazine rings is 1. The van der Waals surface area contributed by atoms with E-state index in [2.05, 4.69) is 35.5 Å². The van der Waals surface area contributed by atoms with Gasteiger partial charge in [-0.2, -0.15) is 0 Å². The minimum absolute atomic E-state index is 0.608. The highest BCUT2D eigenvalue weighted by Gasteiger charge is 2.44. The molecule has 0 bridgehead atoms. The molecule has 0 radical (unpaired) electrons. The molecule has 1 unspecified atom stereocenters. The third-order valence-electron chi connectivity index (χ3n) is 7.18. The zero-order valence-electron chi connectivity index (χ0n) is 16.9. The molecule has 0 aromatic rings. The van der Waals surface area contributed by atoms with Crippen LogP contribution in [-0.4, -0.2) is 78.8 Å². The second-order valence-corrected chi connectivity index (χ2v) is 9.25. The van der Waals surface area contributed by atoms with Crippen LogP contribution in [-0.2, 0) is 0 Å². The average molecular weight is 354 g/mol. The van der Waals surface area contributed by atoms with Crippen LogP contribution in [0.15, 0.2) is 0 Å². The minimum atomic E-state index is -0.948. The normalized spacial score (nSPS) is 28.8. The summed E-state index contributed by atoms with van der Waals surface area (Å²) in [6, 6.07) is 0.669. The number of hydrogen-bond donors (Lipinski definition) is 0. The highest BCUT2D eigenvalue weighted by atomic mass is 19.1. The highest BCUT2D eigenvalue weighted by Crippen LogP contribution is 2.50. The van der Waals surface area contributed by atoms with Crippen molar-refractivity contribution in [1.29, 1.82) is 0 Å². The van der Waals surface area contributed by atoms with Crippen molar-refractivity contribution < 1.29 is 4.39 Å². The molecule has 2 aliphatic heterocycles. The van der Waals surface area contributed by atoms with Crippen molar-refractivity contribution in [2.45, 2.75) is 77.4 Å². The maximum atomic E-state index is 15.4. The molecular formula is C21H40FN3. The second-order valence-electron chi connectivity index (χ2n) is 9.25. The van der Waals surface area contributed by atoms with E-state index >= 15 is 4.39 Å². The van der Waals surface area contributed by atoms with E-state index in [4.69, 9.17) is 0 Å². The van der Waals surface area contributed by atoms with Gasteiger partial charge in [-0.25, -0.2) is 4.39 Å². The summed E-state index contributed by atoms with van der Waals surface area (Å²) in [6.45, 7) is 15.0. The number of rotatable bonds is 8. The maximum Gasteiger partial charge on any atom is 0.126 e. The third kappa shape index (κ3) is 5.17. The Hall–Kier alpha value is -0.190. The Balaban J connectivity index is 1.39.